The number of pyridine rings is 2. The molecule has 0 unspecified atom stereocenters. The van der Waals surface area contributed by atoms with Crippen LogP contribution in [0.3, 0.4) is 0 Å². The van der Waals surface area contributed by atoms with Crippen LogP contribution in [0.15, 0.2) is 54.9 Å². The van der Waals surface area contributed by atoms with Crippen molar-refractivity contribution in [2.24, 2.45) is 0 Å². The molecule has 9 nitrogen and oxygen atoms in total. The first-order chi connectivity index (χ1) is 20.9. The summed E-state index contributed by atoms with van der Waals surface area (Å²) in [7, 11) is -1.95. The SMILES string of the molecule is CC(C)NCCOc1ncc(-c2cc3c(cc2F)ncc2c3[C@]3(C[C@@H](c4cccc(Cl)c4)C3)C(=O)N2C)cc1NS(C)(=O)=O. The van der Waals surface area contributed by atoms with Crippen molar-refractivity contribution < 1.29 is 22.3 Å². The number of hydrogen-bond donors (Lipinski definition) is 2. The van der Waals surface area contributed by atoms with E-state index in [1.165, 1.54) is 18.3 Å². The van der Waals surface area contributed by atoms with E-state index >= 15 is 4.39 Å². The van der Waals surface area contributed by atoms with Crippen molar-refractivity contribution in [3.8, 4) is 17.0 Å². The fourth-order valence-corrected chi connectivity index (χ4v) is 7.10. The molecule has 6 rings (SSSR count). The number of anilines is 2. The van der Waals surface area contributed by atoms with Gasteiger partial charge >= 0.3 is 0 Å². The zero-order chi connectivity index (χ0) is 31.4. The van der Waals surface area contributed by atoms with Crippen molar-refractivity contribution in [2.45, 2.75) is 44.1 Å². The van der Waals surface area contributed by atoms with Crippen LogP contribution in [0.5, 0.6) is 5.88 Å². The number of halogens is 2. The molecule has 0 atom stereocenters. The lowest BCUT2D eigenvalue weighted by molar-refractivity contribution is -0.126. The van der Waals surface area contributed by atoms with Gasteiger partial charge in [0.2, 0.25) is 21.8 Å². The summed E-state index contributed by atoms with van der Waals surface area (Å²) >= 11 is 6.25. The standard InChI is InChI=1S/C32H33ClFN5O4S/c1-18(2)35-8-9-43-30-27(38-44(4,41)42)11-20(16-37-30)23-12-24-26(13-25(23)34)36-17-28-29(24)32(31(40)39(28)3)14-21(15-32)19-6-5-7-22(33)10-19/h5-7,10-13,16-18,21,35,38H,8-9,14-15H2,1-4H3/t21-,32-. The number of nitrogens with one attached hydrogen (secondary N) is 2. The maximum absolute atomic E-state index is 15.7. The van der Waals surface area contributed by atoms with Gasteiger partial charge in [-0.1, -0.05) is 37.6 Å². The van der Waals surface area contributed by atoms with Crippen molar-refractivity contribution >= 4 is 49.8 Å². The topological polar surface area (TPSA) is 114 Å². The predicted octanol–water partition coefficient (Wildman–Crippen LogP) is 5.63. The molecule has 4 aromatic rings. The molecule has 0 saturated heterocycles. The molecule has 2 aliphatic rings. The molecule has 3 heterocycles. The minimum Gasteiger partial charge on any atom is -0.475 e. The smallest absolute Gasteiger partial charge is 0.238 e. The van der Waals surface area contributed by atoms with Gasteiger partial charge in [-0.05, 0) is 48.6 Å². The number of amides is 1. The molecule has 1 aliphatic carbocycles. The summed E-state index contributed by atoms with van der Waals surface area (Å²) in [5, 5.41) is 4.54. The van der Waals surface area contributed by atoms with E-state index in [0.29, 0.717) is 46.6 Å². The number of nitrogens with zero attached hydrogens (tertiary/aromatic N) is 3. The quantitative estimate of drug-likeness (QED) is 0.229. The van der Waals surface area contributed by atoms with Crippen LogP contribution >= 0.6 is 11.6 Å². The second-order valence-corrected chi connectivity index (χ2v) is 14.1. The van der Waals surface area contributed by atoms with Crippen LogP contribution in [0, 0.1) is 5.82 Å². The van der Waals surface area contributed by atoms with E-state index in [-0.39, 0.29) is 41.6 Å². The molecule has 2 aromatic heterocycles. The van der Waals surface area contributed by atoms with Crippen molar-refractivity contribution in [1.29, 1.82) is 0 Å². The fourth-order valence-electron chi connectivity index (χ4n) is 6.36. The molecular formula is C32H33ClFN5O4S. The summed E-state index contributed by atoms with van der Waals surface area (Å²) in [6.07, 6.45) is 5.29. The van der Waals surface area contributed by atoms with Crippen molar-refractivity contribution in [3.63, 3.8) is 0 Å². The van der Waals surface area contributed by atoms with Gasteiger partial charge in [0, 0.05) is 59.0 Å². The Morgan fingerprint density at radius 1 is 1.16 bits per heavy atom. The lowest BCUT2D eigenvalue weighted by Gasteiger charge is -2.44. The van der Waals surface area contributed by atoms with Gasteiger partial charge < -0.3 is 15.0 Å². The second-order valence-electron chi connectivity index (χ2n) is 11.9. The molecule has 0 bridgehead atoms. The Balaban J connectivity index is 1.41. The second kappa shape index (κ2) is 11.3. The number of ether oxygens (including phenoxy) is 1. The predicted molar refractivity (Wildman–Crippen MR) is 171 cm³/mol. The highest BCUT2D eigenvalue weighted by Crippen LogP contribution is 2.60. The van der Waals surface area contributed by atoms with Crippen LogP contribution in [0.4, 0.5) is 15.8 Å². The maximum atomic E-state index is 15.7. The molecule has 2 N–H and O–H groups in total. The number of benzene rings is 2. The molecule has 12 heteroatoms. The highest BCUT2D eigenvalue weighted by atomic mass is 35.5. The molecule has 230 valence electrons. The van der Waals surface area contributed by atoms with Gasteiger partial charge in [0.25, 0.3) is 0 Å². The molecule has 0 radical (unpaired) electrons. The van der Waals surface area contributed by atoms with Gasteiger partial charge in [0.15, 0.2) is 0 Å². The number of carbonyl (C=O) groups excluding carboxylic acids is 1. The largest absolute Gasteiger partial charge is 0.475 e. The van der Waals surface area contributed by atoms with E-state index in [1.54, 1.807) is 24.2 Å². The third-order valence-electron chi connectivity index (χ3n) is 8.35. The normalized spacial score (nSPS) is 19.5. The Hall–Kier alpha value is -3.80. The Labute approximate surface area is 260 Å². The van der Waals surface area contributed by atoms with Gasteiger partial charge in [-0.3, -0.25) is 14.5 Å². The number of aromatic nitrogens is 2. The van der Waals surface area contributed by atoms with Crippen molar-refractivity contribution in [1.82, 2.24) is 15.3 Å². The summed E-state index contributed by atoms with van der Waals surface area (Å²) < 4.78 is 48.2. The third kappa shape index (κ3) is 5.48. The zero-order valence-electron chi connectivity index (χ0n) is 24.8. The Kier molecular flexibility index (Phi) is 7.75. The van der Waals surface area contributed by atoms with Crippen LogP contribution in [0.1, 0.15) is 43.7 Å². The van der Waals surface area contributed by atoms with Gasteiger partial charge in [-0.15, -0.1) is 0 Å². The molecule has 2 aromatic carbocycles. The first-order valence-electron chi connectivity index (χ1n) is 14.4. The van der Waals surface area contributed by atoms with E-state index in [4.69, 9.17) is 16.3 Å². The number of rotatable bonds is 9. The van der Waals surface area contributed by atoms with Crippen LogP contribution < -0.4 is 19.7 Å². The first-order valence-corrected chi connectivity index (χ1v) is 16.6. The third-order valence-corrected chi connectivity index (χ3v) is 9.18. The molecule has 44 heavy (non-hydrogen) atoms. The van der Waals surface area contributed by atoms with Gasteiger partial charge in [-0.25, -0.2) is 17.8 Å². The summed E-state index contributed by atoms with van der Waals surface area (Å²) in [4.78, 5) is 24.2. The van der Waals surface area contributed by atoms with E-state index in [0.717, 1.165) is 17.4 Å². The van der Waals surface area contributed by atoms with Gasteiger partial charge in [-0.2, -0.15) is 0 Å². The van der Waals surface area contributed by atoms with Crippen LogP contribution in [-0.4, -0.2) is 56.8 Å². The van der Waals surface area contributed by atoms with Crippen molar-refractivity contribution in [3.05, 3.63) is 76.8 Å². The summed E-state index contributed by atoms with van der Waals surface area (Å²) in [5.74, 6) is -0.330. The van der Waals surface area contributed by atoms with Crippen LogP contribution in [-0.2, 0) is 20.2 Å². The number of hydrogen-bond acceptors (Lipinski definition) is 7. The molecule has 1 amide bonds. The molecule has 1 fully saturated rings. The summed E-state index contributed by atoms with van der Waals surface area (Å²) in [5.41, 5.74) is 2.91. The highest BCUT2D eigenvalue weighted by molar-refractivity contribution is 7.92. The Bertz CT molecular complexity index is 1900. The average molecular weight is 638 g/mol. The monoisotopic (exact) mass is 637 g/mol. The lowest BCUT2D eigenvalue weighted by atomic mass is 9.57. The molecular weight excluding hydrogens is 605 g/mol. The van der Waals surface area contributed by atoms with Gasteiger partial charge in [0.05, 0.1) is 29.1 Å². The summed E-state index contributed by atoms with van der Waals surface area (Å²) in [6, 6.07) is 12.5. The summed E-state index contributed by atoms with van der Waals surface area (Å²) in [6.45, 7) is 4.80. The number of sulfonamides is 1. The average Bonchev–Trinajstić information content (AvgIpc) is 3.16. The van der Waals surface area contributed by atoms with Crippen LogP contribution in [0.2, 0.25) is 5.02 Å². The van der Waals surface area contributed by atoms with Crippen molar-refractivity contribution in [2.75, 3.05) is 36.1 Å². The van der Waals surface area contributed by atoms with E-state index in [9.17, 15) is 13.2 Å². The Morgan fingerprint density at radius 3 is 2.64 bits per heavy atom. The molecule has 1 saturated carbocycles. The number of fused-ring (bicyclic) bond motifs is 4. The molecule has 1 aliphatic heterocycles. The minimum absolute atomic E-state index is 0.0132. The minimum atomic E-state index is -3.69. The lowest BCUT2D eigenvalue weighted by Crippen LogP contribution is -2.47. The Morgan fingerprint density at radius 2 is 1.93 bits per heavy atom. The maximum Gasteiger partial charge on any atom is 0.238 e. The first kappa shape index (κ1) is 30.2. The van der Waals surface area contributed by atoms with E-state index in [2.05, 4.69) is 20.0 Å². The highest BCUT2D eigenvalue weighted by Gasteiger charge is 2.58. The van der Waals surface area contributed by atoms with Crippen LogP contribution in [0.25, 0.3) is 22.0 Å². The zero-order valence-corrected chi connectivity index (χ0v) is 26.4. The number of likely N-dealkylation sites (N-methyl/N-ethyl adjacent to an activating group) is 1. The van der Waals surface area contributed by atoms with Gasteiger partial charge in [0.1, 0.15) is 18.1 Å². The van der Waals surface area contributed by atoms with E-state index < -0.39 is 21.3 Å². The molecule has 1 spiro atoms. The van der Waals surface area contributed by atoms with E-state index in [1.807, 2.05) is 38.1 Å². The number of carbonyl (C=O) groups is 1. The fraction of sp³-hybridized carbons (Fsp3) is 0.344.